The second-order valence-electron chi connectivity index (χ2n) is 11.9. The van der Waals surface area contributed by atoms with Crippen LogP contribution in [0.3, 0.4) is 0 Å². The summed E-state index contributed by atoms with van der Waals surface area (Å²) in [5.74, 6) is 1.16. The minimum atomic E-state index is -0.826. The van der Waals surface area contributed by atoms with Crippen LogP contribution in [0.2, 0.25) is 0 Å². The van der Waals surface area contributed by atoms with E-state index < -0.39 is 20.8 Å². The van der Waals surface area contributed by atoms with E-state index in [0.717, 1.165) is 7.55 Å². The van der Waals surface area contributed by atoms with Crippen LogP contribution >= 0.6 is 17.0 Å². The van der Waals surface area contributed by atoms with Gasteiger partial charge < -0.3 is 10.5 Å². The first-order valence-electron chi connectivity index (χ1n) is 15.8. The van der Waals surface area contributed by atoms with Crippen molar-refractivity contribution in [2.75, 3.05) is 0 Å². The summed E-state index contributed by atoms with van der Waals surface area (Å²) in [4.78, 5) is 18.8. The minimum absolute atomic E-state index is 0.455. The summed E-state index contributed by atoms with van der Waals surface area (Å²) in [7, 11) is 11.0. The summed E-state index contributed by atoms with van der Waals surface area (Å²) < 4.78 is 0. The Morgan fingerprint density at radius 2 is 0.958 bits per heavy atom. The van der Waals surface area contributed by atoms with Gasteiger partial charge in [-0.15, -0.1) is 69.1 Å². The number of fused-ring (bicyclic) bond motifs is 2. The van der Waals surface area contributed by atoms with E-state index >= 15 is 0 Å². The van der Waals surface area contributed by atoms with E-state index in [9.17, 15) is 9.59 Å². The molecule has 0 spiro atoms. The van der Waals surface area contributed by atoms with E-state index in [1.165, 1.54) is 66.1 Å². The third-order valence-corrected chi connectivity index (χ3v) is 8.05. The summed E-state index contributed by atoms with van der Waals surface area (Å²) in [5.41, 5.74) is 10.9. The zero-order chi connectivity index (χ0) is 35.1. The number of benzene rings is 4. The van der Waals surface area contributed by atoms with Crippen LogP contribution in [-0.2, 0) is 30.4 Å². The molecule has 6 aromatic carbocycles. The Morgan fingerprint density at radius 3 is 1.29 bits per heavy atom. The summed E-state index contributed by atoms with van der Waals surface area (Å²) in [6.07, 6.45) is 0.910. The van der Waals surface area contributed by atoms with E-state index in [1.54, 1.807) is 0 Å². The van der Waals surface area contributed by atoms with Crippen LogP contribution in [0.4, 0.5) is 0 Å². The van der Waals surface area contributed by atoms with Gasteiger partial charge in [-0.3, -0.25) is 9.59 Å². The summed E-state index contributed by atoms with van der Waals surface area (Å²) in [5, 5.41) is 9.66. The van der Waals surface area contributed by atoms with E-state index in [2.05, 4.69) is 161 Å². The van der Waals surface area contributed by atoms with Crippen molar-refractivity contribution < 1.29 is 30.4 Å². The summed E-state index contributed by atoms with van der Waals surface area (Å²) >= 11 is -0.826. The molecule has 4 nitrogen and oxygen atoms in total. The molecule has 0 aliphatic rings. The second kappa shape index (κ2) is 20.2. The molecular weight excluding hydrogens is 713 g/mol. The molecule has 0 unspecified atom stereocenters. The molecule has 0 aliphatic heterocycles. The Bertz CT molecular complexity index is 1760. The molecular formula is C40H42BCl2N2O2Zr. The fourth-order valence-electron chi connectivity index (χ4n) is 5.52. The zero-order valence-corrected chi connectivity index (χ0v) is 32.3. The van der Waals surface area contributed by atoms with Gasteiger partial charge in [0, 0.05) is 0 Å². The van der Waals surface area contributed by atoms with Gasteiger partial charge in [0.25, 0.3) is 0 Å². The van der Waals surface area contributed by atoms with Crippen LogP contribution in [0.5, 0.6) is 0 Å². The van der Waals surface area contributed by atoms with Crippen LogP contribution in [0.25, 0.3) is 43.8 Å². The van der Waals surface area contributed by atoms with E-state index in [0.29, 0.717) is 24.7 Å². The van der Waals surface area contributed by atoms with Gasteiger partial charge in [0.2, 0.25) is 0 Å². The molecule has 6 aromatic rings. The molecule has 1 radical (unpaired) electrons. The second-order valence-corrected chi connectivity index (χ2v) is 15.7. The Kier molecular flexibility index (Phi) is 16.4. The number of hydrogen-bond donors (Lipinski definition) is 2. The molecule has 245 valence electrons. The number of aryl methyl sites for hydroxylation is 2. The Balaban J connectivity index is 0.000000205. The molecule has 8 heteroatoms. The van der Waals surface area contributed by atoms with Crippen LogP contribution < -0.4 is 10.5 Å². The number of amides is 2. The van der Waals surface area contributed by atoms with Gasteiger partial charge in [-0.25, -0.2) is 0 Å². The number of carbonyl (C=O) groups excluding carboxylic acids is 2. The van der Waals surface area contributed by atoms with E-state index in [1.807, 2.05) is 0 Å². The Morgan fingerprint density at radius 1 is 0.604 bits per heavy atom. The molecule has 0 aromatic heterocycles. The molecule has 2 amide bonds. The standard InChI is InChI=1S/2C19H19.C2H4BN2O2.2ClH.Zr/c2*1-13(2)16-11-15-8-6-10-18(19(15)12-16)17-9-5-4-7-14(17)3;6-1-4-3-5-2-7;;;/h2*4-13H,1-3H3;1-2H,(H,4,6)(H,5,7);2*1H;/q2*-1;;;;+4/p-2. The van der Waals surface area contributed by atoms with Gasteiger partial charge in [0.05, 0.1) is 0 Å². The zero-order valence-electron chi connectivity index (χ0n) is 28.4. The molecule has 0 saturated heterocycles. The molecule has 0 bridgehead atoms. The predicted octanol–water partition coefficient (Wildman–Crippen LogP) is 10.7. The van der Waals surface area contributed by atoms with Crippen molar-refractivity contribution in [3.05, 3.63) is 131 Å². The third kappa shape index (κ3) is 10.8. The van der Waals surface area contributed by atoms with Crippen molar-refractivity contribution in [2.45, 2.75) is 53.4 Å². The van der Waals surface area contributed by atoms with Crippen molar-refractivity contribution in [2.24, 2.45) is 0 Å². The maximum atomic E-state index is 9.38. The number of hydrogen-bond acceptors (Lipinski definition) is 2. The maximum absolute atomic E-state index is 9.38. The number of carbonyl (C=O) groups is 2. The summed E-state index contributed by atoms with van der Waals surface area (Å²) in [6.45, 7) is 13.4. The molecule has 2 N–H and O–H groups in total. The Hall–Kier alpha value is -3.43. The third-order valence-electron chi connectivity index (χ3n) is 8.05. The van der Waals surface area contributed by atoms with Crippen molar-refractivity contribution in [3.63, 3.8) is 0 Å². The Labute approximate surface area is 304 Å². The molecule has 6 rings (SSSR count). The van der Waals surface area contributed by atoms with Crippen LogP contribution in [0.1, 0.15) is 61.8 Å². The average molecular weight is 756 g/mol. The fourth-order valence-corrected chi connectivity index (χ4v) is 5.52. The molecule has 0 saturated carbocycles. The number of halogens is 2. The van der Waals surface area contributed by atoms with Crippen molar-refractivity contribution >= 4 is 58.9 Å². The fraction of sp³-hybridized carbons (Fsp3) is 0.200. The van der Waals surface area contributed by atoms with Crippen LogP contribution in [0, 0.1) is 13.8 Å². The first-order chi connectivity index (χ1) is 23.2. The first-order valence-corrected chi connectivity index (χ1v) is 22.2. The predicted molar refractivity (Wildman–Crippen MR) is 203 cm³/mol. The first kappa shape index (κ1) is 39.0. The monoisotopic (exact) mass is 753 g/mol. The topological polar surface area (TPSA) is 58.2 Å². The van der Waals surface area contributed by atoms with Gasteiger partial charge in [0.15, 0.2) is 12.8 Å². The van der Waals surface area contributed by atoms with E-state index in [4.69, 9.17) is 17.0 Å². The van der Waals surface area contributed by atoms with Gasteiger partial charge in [-0.2, -0.15) is 12.1 Å². The molecule has 0 heterocycles. The number of nitrogens with one attached hydrogen (secondary N) is 2. The van der Waals surface area contributed by atoms with Gasteiger partial charge in [-0.1, -0.05) is 99.5 Å². The molecule has 0 atom stereocenters. The van der Waals surface area contributed by atoms with Crippen LogP contribution in [-0.4, -0.2) is 20.4 Å². The van der Waals surface area contributed by atoms with Gasteiger partial charge >= 0.3 is 45.4 Å². The molecule has 0 aliphatic carbocycles. The molecule has 0 fully saturated rings. The van der Waals surface area contributed by atoms with Gasteiger partial charge in [-0.05, 0) is 47.9 Å². The van der Waals surface area contributed by atoms with Crippen molar-refractivity contribution in [1.82, 2.24) is 10.5 Å². The average Bonchev–Trinajstić information content (AvgIpc) is 3.72. The van der Waals surface area contributed by atoms with Crippen molar-refractivity contribution in [3.8, 4) is 22.3 Å². The summed E-state index contributed by atoms with van der Waals surface area (Å²) in [6, 6.07) is 39.8. The quantitative estimate of drug-likeness (QED) is 0.0703. The van der Waals surface area contributed by atoms with Crippen molar-refractivity contribution in [1.29, 1.82) is 0 Å². The van der Waals surface area contributed by atoms with E-state index in [-0.39, 0.29) is 0 Å². The SMILES string of the molecule is Cc1ccccc1-c1cccc2[cH-]c(C(C)C)cc12.Cc1ccccc1-c1cccc2[cH-]c(C(C)C)cc12.O=CN[B]NC=O.[Cl][Zr+2][Cl]. The normalized spacial score (nSPS) is 10.1. The van der Waals surface area contributed by atoms with Crippen LogP contribution in [0.15, 0.2) is 109 Å². The molecule has 48 heavy (non-hydrogen) atoms. The number of rotatable bonds is 8. The van der Waals surface area contributed by atoms with Gasteiger partial charge in [0.1, 0.15) is 0 Å².